The SMILES string of the molecule is Cc1ncc(C(=O)NCC2CCN(Cc3cccnc3)CC2)cn1. The van der Waals surface area contributed by atoms with Gasteiger partial charge in [0.25, 0.3) is 5.91 Å². The molecule has 6 nitrogen and oxygen atoms in total. The number of carbonyl (C=O) groups excluding carboxylic acids is 1. The van der Waals surface area contributed by atoms with Crippen molar-refractivity contribution in [3.8, 4) is 0 Å². The highest BCUT2D eigenvalue weighted by atomic mass is 16.1. The van der Waals surface area contributed by atoms with Gasteiger partial charge >= 0.3 is 0 Å². The lowest BCUT2D eigenvalue weighted by molar-refractivity contribution is 0.0934. The maximum atomic E-state index is 12.1. The van der Waals surface area contributed by atoms with Crippen LogP contribution in [-0.4, -0.2) is 45.4 Å². The number of piperidine rings is 1. The molecule has 1 aliphatic rings. The normalized spacial score (nSPS) is 16.0. The molecule has 3 rings (SSSR count). The first kappa shape index (κ1) is 16.5. The molecule has 3 heterocycles. The highest BCUT2D eigenvalue weighted by Gasteiger charge is 2.20. The maximum Gasteiger partial charge on any atom is 0.254 e. The maximum absolute atomic E-state index is 12.1. The van der Waals surface area contributed by atoms with Crippen LogP contribution in [0.1, 0.15) is 34.6 Å². The lowest BCUT2D eigenvalue weighted by Crippen LogP contribution is -2.38. The van der Waals surface area contributed by atoms with Crippen molar-refractivity contribution in [3.05, 3.63) is 53.9 Å². The predicted octanol–water partition coefficient (Wildman–Crippen LogP) is 1.82. The number of aromatic nitrogens is 3. The molecule has 0 unspecified atom stereocenters. The van der Waals surface area contributed by atoms with E-state index in [2.05, 4.69) is 31.2 Å². The minimum Gasteiger partial charge on any atom is -0.352 e. The van der Waals surface area contributed by atoms with Gasteiger partial charge in [0.2, 0.25) is 0 Å². The second-order valence-corrected chi connectivity index (χ2v) is 6.31. The van der Waals surface area contributed by atoms with Crippen molar-refractivity contribution in [1.82, 2.24) is 25.2 Å². The third-order valence-corrected chi connectivity index (χ3v) is 4.43. The molecule has 0 atom stereocenters. The van der Waals surface area contributed by atoms with E-state index in [1.54, 1.807) is 25.5 Å². The molecule has 0 aromatic carbocycles. The number of nitrogens with zero attached hydrogens (tertiary/aromatic N) is 4. The van der Waals surface area contributed by atoms with Gasteiger partial charge in [-0.2, -0.15) is 0 Å². The zero-order chi connectivity index (χ0) is 16.8. The first-order chi connectivity index (χ1) is 11.7. The highest BCUT2D eigenvalue weighted by molar-refractivity contribution is 5.93. The van der Waals surface area contributed by atoms with Gasteiger partial charge in [0.1, 0.15) is 5.82 Å². The Bertz CT molecular complexity index is 651. The van der Waals surface area contributed by atoms with Gasteiger partial charge < -0.3 is 5.32 Å². The second kappa shape index (κ2) is 7.97. The summed E-state index contributed by atoms with van der Waals surface area (Å²) < 4.78 is 0. The largest absolute Gasteiger partial charge is 0.352 e. The Morgan fingerprint density at radius 2 is 2.00 bits per heavy atom. The molecule has 126 valence electrons. The summed E-state index contributed by atoms with van der Waals surface area (Å²) in [5, 5.41) is 3.01. The van der Waals surface area contributed by atoms with E-state index in [0.29, 0.717) is 23.9 Å². The third kappa shape index (κ3) is 4.58. The summed E-state index contributed by atoms with van der Waals surface area (Å²) in [6.07, 6.45) is 9.09. The molecule has 24 heavy (non-hydrogen) atoms. The standard InChI is InChI=1S/C18H23N5O/c1-14-20-11-17(12-21-14)18(24)22-10-15-4-7-23(8-5-15)13-16-3-2-6-19-9-16/h2-3,6,9,11-12,15H,4-5,7-8,10,13H2,1H3,(H,22,24). The smallest absolute Gasteiger partial charge is 0.254 e. The van der Waals surface area contributed by atoms with Crippen molar-refractivity contribution in [2.24, 2.45) is 5.92 Å². The zero-order valence-electron chi connectivity index (χ0n) is 14.0. The van der Waals surface area contributed by atoms with Crippen LogP contribution in [0.15, 0.2) is 36.9 Å². The van der Waals surface area contributed by atoms with E-state index in [-0.39, 0.29) is 5.91 Å². The average molecular weight is 325 g/mol. The quantitative estimate of drug-likeness (QED) is 0.908. The van der Waals surface area contributed by atoms with E-state index in [1.165, 1.54) is 5.56 Å². The summed E-state index contributed by atoms with van der Waals surface area (Å²) in [5.41, 5.74) is 1.78. The summed E-state index contributed by atoms with van der Waals surface area (Å²) in [5.74, 6) is 1.12. The van der Waals surface area contributed by atoms with Crippen molar-refractivity contribution >= 4 is 5.91 Å². The summed E-state index contributed by atoms with van der Waals surface area (Å²) in [7, 11) is 0. The fraction of sp³-hybridized carbons (Fsp3) is 0.444. The number of hydrogen-bond acceptors (Lipinski definition) is 5. The number of likely N-dealkylation sites (tertiary alicyclic amines) is 1. The van der Waals surface area contributed by atoms with Gasteiger partial charge in [0.15, 0.2) is 0 Å². The molecule has 0 radical (unpaired) electrons. The van der Waals surface area contributed by atoms with Crippen molar-refractivity contribution < 1.29 is 4.79 Å². The first-order valence-electron chi connectivity index (χ1n) is 8.39. The van der Waals surface area contributed by atoms with Gasteiger partial charge in [0.05, 0.1) is 5.56 Å². The van der Waals surface area contributed by atoms with Crippen LogP contribution in [0.2, 0.25) is 0 Å². The van der Waals surface area contributed by atoms with E-state index >= 15 is 0 Å². The molecule has 1 amide bonds. The fourth-order valence-corrected chi connectivity index (χ4v) is 2.95. The van der Waals surface area contributed by atoms with Gasteiger partial charge in [0, 0.05) is 37.9 Å². The van der Waals surface area contributed by atoms with Gasteiger partial charge in [-0.25, -0.2) is 9.97 Å². The molecular formula is C18H23N5O. The van der Waals surface area contributed by atoms with Crippen LogP contribution in [0.5, 0.6) is 0 Å². The minimum absolute atomic E-state index is 0.0900. The third-order valence-electron chi connectivity index (χ3n) is 4.43. The fourth-order valence-electron chi connectivity index (χ4n) is 2.95. The van der Waals surface area contributed by atoms with Crippen LogP contribution < -0.4 is 5.32 Å². The van der Waals surface area contributed by atoms with Gasteiger partial charge in [-0.15, -0.1) is 0 Å². The molecule has 6 heteroatoms. The monoisotopic (exact) mass is 325 g/mol. The Balaban J connectivity index is 1.41. The number of rotatable bonds is 5. The Morgan fingerprint density at radius 3 is 2.67 bits per heavy atom. The van der Waals surface area contributed by atoms with Crippen molar-refractivity contribution in [3.63, 3.8) is 0 Å². The Labute approximate surface area is 142 Å². The van der Waals surface area contributed by atoms with Crippen LogP contribution >= 0.6 is 0 Å². The number of aryl methyl sites for hydroxylation is 1. The van der Waals surface area contributed by atoms with Gasteiger partial charge in [-0.1, -0.05) is 6.07 Å². The number of hydrogen-bond donors (Lipinski definition) is 1. The Kier molecular flexibility index (Phi) is 5.48. The van der Waals surface area contributed by atoms with Crippen molar-refractivity contribution in [2.75, 3.05) is 19.6 Å². The van der Waals surface area contributed by atoms with Crippen molar-refractivity contribution in [1.29, 1.82) is 0 Å². The van der Waals surface area contributed by atoms with Crippen LogP contribution in [0, 0.1) is 12.8 Å². The van der Waals surface area contributed by atoms with E-state index in [9.17, 15) is 4.79 Å². The summed E-state index contributed by atoms with van der Waals surface area (Å²) >= 11 is 0. The summed E-state index contributed by atoms with van der Waals surface area (Å²) in [6, 6.07) is 4.09. The first-order valence-corrected chi connectivity index (χ1v) is 8.39. The molecule has 0 bridgehead atoms. The number of carbonyl (C=O) groups is 1. The number of nitrogens with one attached hydrogen (secondary N) is 1. The molecule has 1 aliphatic heterocycles. The topological polar surface area (TPSA) is 71.0 Å². The molecule has 1 fully saturated rings. The van der Waals surface area contributed by atoms with Crippen molar-refractivity contribution in [2.45, 2.75) is 26.3 Å². The highest BCUT2D eigenvalue weighted by Crippen LogP contribution is 2.18. The minimum atomic E-state index is -0.0900. The van der Waals surface area contributed by atoms with E-state index in [0.717, 1.165) is 32.5 Å². The zero-order valence-corrected chi connectivity index (χ0v) is 14.0. The van der Waals surface area contributed by atoms with Crippen LogP contribution in [0.25, 0.3) is 0 Å². The lowest BCUT2D eigenvalue weighted by atomic mass is 9.96. The molecule has 0 aliphatic carbocycles. The van der Waals surface area contributed by atoms with E-state index < -0.39 is 0 Å². The van der Waals surface area contributed by atoms with Crippen LogP contribution in [0.4, 0.5) is 0 Å². The second-order valence-electron chi connectivity index (χ2n) is 6.31. The molecule has 0 spiro atoms. The van der Waals surface area contributed by atoms with E-state index in [4.69, 9.17) is 0 Å². The van der Waals surface area contributed by atoms with Gasteiger partial charge in [-0.05, 0) is 50.4 Å². The number of pyridine rings is 1. The van der Waals surface area contributed by atoms with E-state index in [1.807, 2.05) is 12.3 Å². The van der Waals surface area contributed by atoms with Crippen LogP contribution in [0.3, 0.4) is 0 Å². The predicted molar refractivity (Wildman–Crippen MR) is 91.3 cm³/mol. The van der Waals surface area contributed by atoms with Crippen LogP contribution in [-0.2, 0) is 6.54 Å². The molecule has 2 aromatic heterocycles. The summed E-state index contributed by atoms with van der Waals surface area (Å²) in [6.45, 7) is 5.59. The molecule has 0 saturated carbocycles. The number of amides is 1. The van der Waals surface area contributed by atoms with Gasteiger partial charge in [-0.3, -0.25) is 14.7 Å². The Hall–Kier alpha value is -2.34. The Morgan fingerprint density at radius 1 is 1.25 bits per heavy atom. The summed E-state index contributed by atoms with van der Waals surface area (Å²) in [4.78, 5) is 26.8. The molecule has 2 aromatic rings. The lowest BCUT2D eigenvalue weighted by Gasteiger charge is -2.31. The molecular weight excluding hydrogens is 302 g/mol. The molecule has 1 N–H and O–H groups in total. The molecule has 1 saturated heterocycles. The average Bonchev–Trinajstić information content (AvgIpc) is 2.62.